The van der Waals surface area contributed by atoms with Crippen LogP contribution in [0, 0.1) is 5.92 Å². The van der Waals surface area contributed by atoms with Gasteiger partial charge in [0, 0.05) is 45.4 Å². The SMILES string of the molecule is COCCNc1cc(C[C@@H]2CCCN(C(C)=O)C2)ncn1. The second-order valence-corrected chi connectivity index (χ2v) is 5.49. The zero-order valence-corrected chi connectivity index (χ0v) is 12.8. The molecule has 2 heterocycles. The van der Waals surface area contributed by atoms with Gasteiger partial charge >= 0.3 is 0 Å². The van der Waals surface area contributed by atoms with Crippen LogP contribution in [0.3, 0.4) is 0 Å². The Hall–Kier alpha value is -1.69. The summed E-state index contributed by atoms with van der Waals surface area (Å²) in [4.78, 5) is 22.0. The molecule has 1 amide bonds. The second-order valence-electron chi connectivity index (χ2n) is 5.49. The van der Waals surface area contributed by atoms with Gasteiger partial charge in [0.25, 0.3) is 0 Å². The van der Waals surface area contributed by atoms with Crippen molar-refractivity contribution in [1.82, 2.24) is 14.9 Å². The average Bonchev–Trinajstić information content (AvgIpc) is 2.48. The van der Waals surface area contributed by atoms with E-state index >= 15 is 0 Å². The van der Waals surface area contributed by atoms with E-state index in [1.807, 2.05) is 11.0 Å². The molecule has 2 rings (SSSR count). The standard InChI is InChI=1S/C15H24N4O2/c1-12(20)19-6-3-4-13(10-19)8-14-9-15(18-11-17-14)16-5-7-21-2/h9,11,13H,3-8,10H2,1-2H3,(H,16,17,18)/t13-/m0/s1. The first-order chi connectivity index (χ1) is 10.2. The minimum Gasteiger partial charge on any atom is -0.383 e. The van der Waals surface area contributed by atoms with Gasteiger partial charge in [-0.1, -0.05) is 0 Å². The lowest BCUT2D eigenvalue weighted by Gasteiger charge is -2.31. The summed E-state index contributed by atoms with van der Waals surface area (Å²) in [5, 5.41) is 3.21. The molecule has 1 atom stereocenters. The van der Waals surface area contributed by atoms with Crippen LogP contribution in [0.15, 0.2) is 12.4 Å². The Kier molecular flexibility index (Phi) is 5.92. The van der Waals surface area contributed by atoms with E-state index in [9.17, 15) is 4.79 Å². The number of carbonyl (C=O) groups is 1. The number of likely N-dealkylation sites (tertiary alicyclic amines) is 1. The predicted molar refractivity (Wildman–Crippen MR) is 81.1 cm³/mol. The molecule has 1 aliphatic heterocycles. The van der Waals surface area contributed by atoms with Crippen molar-refractivity contribution in [2.45, 2.75) is 26.2 Å². The summed E-state index contributed by atoms with van der Waals surface area (Å²) >= 11 is 0. The van der Waals surface area contributed by atoms with Crippen molar-refractivity contribution in [2.75, 3.05) is 38.7 Å². The maximum Gasteiger partial charge on any atom is 0.219 e. The van der Waals surface area contributed by atoms with Crippen LogP contribution >= 0.6 is 0 Å². The van der Waals surface area contributed by atoms with Gasteiger partial charge in [0.15, 0.2) is 0 Å². The van der Waals surface area contributed by atoms with Crippen LogP contribution in [0.2, 0.25) is 0 Å². The molecule has 0 unspecified atom stereocenters. The molecule has 0 bridgehead atoms. The normalized spacial score (nSPS) is 18.6. The number of piperidine rings is 1. The summed E-state index contributed by atoms with van der Waals surface area (Å²) in [5.41, 5.74) is 1.03. The van der Waals surface area contributed by atoms with Gasteiger partial charge in [-0.25, -0.2) is 9.97 Å². The lowest BCUT2D eigenvalue weighted by atomic mass is 9.93. The number of ether oxygens (including phenoxy) is 1. The molecule has 6 nitrogen and oxygen atoms in total. The average molecular weight is 292 g/mol. The maximum atomic E-state index is 11.5. The fourth-order valence-electron chi connectivity index (χ4n) is 2.70. The molecule has 0 aromatic carbocycles. The number of nitrogens with zero attached hydrogens (tertiary/aromatic N) is 3. The summed E-state index contributed by atoms with van der Waals surface area (Å²) in [5.74, 6) is 1.49. The van der Waals surface area contributed by atoms with Gasteiger partial charge in [-0.2, -0.15) is 0 Å². The second kappa shape index (κ2) is 7.93. The molecule has 1 aliphatic rings. The van der Waals surface area contributed by atoms with Crippen LogP contribution in [0.25, 0.3) is 0 Å². The first-order valence-electron chi connectivity index (χ1n) is 7.48. The van der Waals surface area contributed by atoms with Gasteiger partial charge in [-0.05, 0) is 25.2 Å². The molecule has 0 radical (unpaired) electrons. The first-order valence-corrected chi connectivity index (χ1v) is 7.48. The van der Waals surface area contributed by atoms with Crippen LogP contribution < -0.4 is 5.32 Å². The summed E-state index contributed by atoms with van der Waals surface area (Å²) in [6.07, 6.45) is 4.72. The van der Waals surface area contributed by atoms with Gasteiger partial charge in [-0.15, -0.1) is 0 Å². The number of carbonyl (C=O) groups excluding carboxylic acids is 1. The number of hydrogen-bond donors (Lipinski definition) is 1. The van der Waals surface area contributed by atoms with E-state index in [0.717, 1.165) is 50.4 Å². The molecule has 1 fully saturated rings. The van der Waals surface area contributed by atoms with Gasteiger partial charge in [-0.3, -0.25) is 4.79 Å². The van der Waals surface area contributed by atoms with Crippen molar-refractivity contribution in [3.63, 3.8) is 0 Å². The van der Waals surface area contributed by atoms with Crippen LogP contribution in [-0.4, -0.2) is 54.1 Å². The largest absolute Gasteiger partial charge is 0.383 e. The van der Waals surface area contributed by atoms with Gasteiger partial charge in [0.1, 0.15) is 12.1 Å². The smallest absolute Gasteiger partial charge is 0.219 e. The highest BCUT2D eigenvalue weighted by Crippen LogP contribution is 2.20. The third-order valence-corrected chi connectivity index (χ3v) is 3.80. The molecule has 0 spiro atoms. The van der Waals surface area contributed by atoms with Crippen molar-refractivity contribution >= 4 is 11.7 Å². The molecule has 6 heteroatoms. The van der Waals surface area contributed by atoms with Crippen molar-refractivity contribution in [3.8, 4) is 0 Å². The van der Waals surface area contributed by atoms with E-state index in [1.54, 1.807) is 20.4 Å². The predicted octanol–water partition coefficient (Wildman–Crippen LogP) is 1.34. The Morgan fingerprint density at radius 3 is 3.14 bits per heavy atom. The molecule has 1 aromatic rings. The summed E-state index contributed by atoms with van der Waals surface area (Å²) in [6.45, 7) is 4.75. The summed E-state index contributed by atoms with van der Waals surface area (Å²) in [6, 6.07) is 1.99. The van der Waals surface area contributed by atoms with E-state index in [2.05, 4.69) is 15.3 Å². The number of nitrogens with one attached hydrogen (secondary N) is 1. The van der Waals surface area contributed by atoms with E-state index in [-0.39, 0.29) is 5.91 Å². The van der Waals surface area contributed by atoms with Gasteiger partial charge in [0.05, 0.1) is 6.61 Å². The maximum absolute atomic E-state index is 11.5. The van der Waals surface area contributed by atoms with Crippen LogP contribution in [-0.2, 0) is 16.0 Å². The summed E-state index contributed by atoms with van der Waals surface area (Å²) in [7, 11) is 1.68. The minimum absolute atomic E-state index is 0.171. The van der Waals surface area contributed by atoms with Gasteiger partial charge < -0.3 is 15.0 Å². The molecule has 1 saturated heterocycles. The third-order valence-electron chi connectivity index (χ3n) is 3.80. The first kappa shape index (κ1) is 15.7. The number of anilines is 1. The van der Waals surface area contributed by atoms with E-state index in [0.29, 0.717) is 12.5 Å². The molecule has 21 heavy (non-hydrogen) atoms. The van der Waals surface area contributed by atoms with Crippen LogP contribution in [0.5, 0.6) is 0 Å². The van der Waals surface area contributed by atoms with E-state index < -0.39 is 0 Å². The topological polar surface area (TPSA) is 67.3 Å². The highest BCUT2D eigenvalue weighted by atomic mass is 16.5. The Morgan fingerprint density at radius 1 is 1.52 bits per heavy atom. The summed E-state index contributed by atoms with van der Waals surface area (Å²) < 4.78 is 5.01. The molecule has 1 N–H and O–H groups in total. The lowest BCUT2D eigenvalue weighted by Crippen LogP contribution is -2.39. The van der Waals surface area contributed by atoms with Crippen molar-refractivity contribution in [2.24, 2.45) is 5.92 Å². The van der Waals surface area contributed by atoms with Crippen molar-refractivity contribution < 1.29 is 9.53 Å². The number of rotatable bonds is 6. The highest BCUT2D eigenvalue weighted by molar-refractivity contribution is 5.73. The van der Waals surface area contributed by atoms with Crippen LogP contribution in [0.4, 0.5) is 5.82 Å². The molecule has 0 aliphatic carbocycles. The number of aromatic nitrogens is 2. The quantitative estimate of drug-likeness (QED) is 0.801. The van der Waals surface area contributed by atoms with Gasteiger partial charge in [0.2, 0.25) is 5.91 Å². The fraction of sp³-hybridized carbons (Fsp3) is 0.667. The van der Waals surface area contributed by atoms with Crippen molar-refractivity contribution in [3.05, 3.63) is 18.1 Å². The lowest BCUT2D eigenvalue weighted by molar-refractivity contribution is -0.130. The number of amides is 1. The number of methoxy groups -OCH3 is 1. The third kappa shape index (κ3) is 4.97. The van der Waals surface area contributed by atoms with Crippen LogP contribution in [0.1, 0.15) is 25.5 Å². The molecular weight excluding hydrogens is 268 g/mol. The monoisotopic (exact) mass is 292 g/mol. The Labute approximate surface area is 125 Å². The fourth-order valence-corrected chi connectivity index (χ4v) is 2.70. The molecular formula is C15H24N4O2. The highest BCUT2D eigenvalue weighted by Gasteiger charge is 2.22. The van der Waals surface area contributed by atoms with E-state index in [4.69, 9.17) is 4.74 Å². The minimum atomic E-state index is 0.171. The molecule has 0 saturated carbocycles. The Balaban J connectivity index is 1.89. The zero-order valence-electron chi connectivity index (χ0n) is 12.8. The molecule has 116 valence electrons. The van der Waals surface area contributed by atoms with E-state index in [1.165, 1.54) is 0 Å². The Bertz CT molecular complexity index is 467. The number of hydrogen-bond acceptors (Lipinski definition) is 5. The molecule has 1 aromatic heterocycles. The van der Waals surface area contributed by atoms with Crippen molar-refractivity contribution in [1.29, 1.82) is 0 Å². The Morgan fingerprint density at radius 2 is 2.38 bits per heavy atom. The zero-order chi connectivity index (χ0) is 15.1.